The lowest BCUT2D eigenvalue weighted by Crippen LogP contribution is -2.39. The molecular weight excluding hydrogens is 554 g/mol. The van der Waals surface area contributed by atoms with Crippen LogP contribution < -0.4 is 4.74 Å². The minimum atomic E-state index is -0.653. The molecule has 4 aromatic rings. The number of amides is 2. The number of carbonyl (C=O) groups is 2. The van der Waals surface area contributed by atoms with Gasteiger partial charge in [0.1, 0.15) is 17.9 Å². The summed E-state index contributed by atoms with van der Waals surface area (Å²) in [6.45, 7) is 8.24. The monoisotopic (exact) mass is 595 g/mol. The van der Waals surface area contributed by atoms with E-state index in [0.29, 0.717) is 5.88 Å². The standard InChI is InChI=1S/C35H41N5O4/c1-7-28(25-13-9-8-10-14-25)32(29-23-26-15-11-19-36-33(26)38-29)27-17-18-30(37-24-27)43-22-21-40(34(42)44-35(2,3)4)20-12-16-31(41)39(5)6/h8-19,23-24H,7,20-22H2,1-6H3,(H,36,38)/b16-12+,32-28+. The molecule has 3 heterocycles. The molecule has 2 amide bonds. The lowest BCUT2D eigenvalue weighted by Gasteiger charge is -2.26. The molecule has 1 aromatic carbocycles. The molecule has 0 aliphatic rings. The quantitative estimate of drug-likeness (QED) is 0.197. The summed E-state index contributed by atoms with van der Waals surface area (Å²) in [5.41, 5.74) is 5.44. The number of ether oxygens (including phenoxy) is 2. The molecule has 0 aliphatic carbocycles. The number of aromatic amines is 1. The fourth-order valence-electron chi connectivity index (χ4n) is 4.64. The van der Waals surface area contributed by atoms with Gasteiger partial charge in [-0.3, -0.25) is 4.79 Å². The summed E-state index contributed by atoms with van der Waals surface area (Å²) in [6.07, 6.45) is 7.00. The minimum Gasteiger partial charge on any atom is -0.476 e. The van der Waals surface area contributed by atoms with Gasteiger partial charge in [0.25, 0.3) is 0 Å². The second kappa shape index (κ2) is 14.5. The van der Waals surface area contributed by atoms with Crippen molar-refractivity contribution in [3.05, 3.63) is 102 Å². The van der Waals surface area contributed by atoms with Crippen molar-refractivity contribution in [2.45, 2.75) is 39.7 Å². The first-order valence-electron chi connectivity index (χ1n) is 14.7. The van der Waals surface area contributed by atoms with E-state index in [0.717, 1.165) is 39.8 Å². The van der Waals surface area contributed by atoms with Crippen molar-refractivity contribution in [2.24, 2.45) is 0 Å². The highest BCUT2D eigenvalue weighted by Gasteiger charge is 2.22. The predicted molar refractivity (Wildman–Crippen MR) is 174 cm³/mol. The Morgan fingerprint density at radius 1 is 0.977 bits per heavy atom. The highest BCUT2D eigenvalue weighted by Crippen LogP contribution is 2.35. The molecule has 44 heavy (non-hydrogen) atoms. The number of carbonyl (C=O) groups excluding carboxylic acids is 2. The maximum atomic E-state index is 12.8. The van der Waals surface area contributed by atoms with Crippen molar-refractivity contribution < 1.29 is 19.1 Å². The van der Waals surface area contributed by atoms with E-state index in [2.05, 4.69) is 40.1 Å². The number of pyridine rings is 2. The smallest absolute Gasteiger partial charge is 0.410 e. The van der Waals surface area contributed by atoms with Crippen LogP contribution in [0.25, 0.3) is 22.2 Å². The zero-order valence-electron chi connectivity index (χ0n) is 26.3. The molecule has 0 bridgehead atoms. The van der Waals surface area contributed by atoms with Crippen LogP contribution in [0.5, 0.6) is 5.88 Å². The van der Waals surface area contributed by atoms with Gasteiger partial charge in [0.2, 0.25) is 11.8 Å². The first-order valence-corrected chi connectivity index (χ1v) is 14.7. The molecule has 0 saturated heterocycles. The van der Waals surface area contributed by atoms with E-state index >= 15 is 0 Å². The van der Waals surface area contributed by atoms with E-state index in [1.807, 2.05) is 69.4 Å². The number of H-pyrrole nitrogens is 1. The summed E-state index contributed by atoms with van der Waals surface area (Å²) < 4.78 is 11.5. The predicted octanol–water partition coefficient (Wildman–Crippen LogP) is 6.59. The highest BCUT2D eigenvalue weighted by molar-refractivity contribution is 5.99. The number of likely N-dealkylation sites (N-methyl/N-ethyl adjacent to an activating group) is 1. The summed E-state index contributed by atoms with van der Waals surface area (Å²) in [7, 11) is 3.34. The van der Waals surface area contributed by atoms with Crippen LogP contribution in [-0.2, 0) is 9.53 Å². The number of aromatic nitrogens is 3. The van der Waals surface area contributed by atoms with Gasteiger partial charge in [-0.15, -0.1) is 0 Å². The van der Waals surface area contributed by atoms with Crippen LogP contribution in [0.4, 0.5) is 4.79 Å². The van der Waals surface area contributed by atoms with E-state index in [4.69, 9.17) is 9.47 Å². The summed E-state index contributed by atoms with van der Waals surface area (Å²) >= 11 is 0. The van der Waals surface area contributed by atoms with Gasteiger partial charge in [-0.1, -0.05) is 43.3 Å². The Balaban J connectivity index is 1.54. The Morgan fingerprint density at radius 3 is 2.39 bits per heavy atom. The summed E-state index contributed by atoms with van der Waals surface area (Å²) in [5, 5.41) is 1.03. The second-order valence-electron chi connectivity index (χ2n) is 11.5. The maximum absolute atomic E-state index is 12.8. The topological polar surface area (TPSA) is 101 Å². The van der Waals surface area contributed by atoms with Crippen molar-refractivity contribution in [3.63, 3.8) is 0 Å². The minimum absolute atomic E-state index is 0.162. The fraction of sp³-hybridized carbons (Fsp3) is 0.314. The van der Waals surface area contributed by atoms with Crippen LogP contribution in [0.2, 0.25) is 0 Å². The fourth-order valence-corrected chi connectivity index (χ4v) is 4.64. The molecule has 3 aromatic heterocycles. The number of allylic oxidation sites excluding steroid dienone is 1. The van der Waals surface area contributed by atoms with E-state index in [-0.39, 0.29) is 25.6 Å². The van der Waals surface area contributed by atoms with E-state index in [1.165, 1.54) is 21.4 Å². The van der Waals surface area contributed by atoms with E-state index in [1.54, 1.807) is 26.4 Å². The largest absolute Gasteiger partial charge is 0.476 e. The molecule has 1 N–H and O–H groups in total. The number of nitrogens with zero attached hydrogens (tertiary/aromatic N) is 4. The third-order valence-corrected chi connectivity index (χ3v) is 6.75. The molecule has 9 heteroatoms. The SMILES string of the molecule is CC/C(=C(/c1ccc(OCCN(C/C=C/C(=O)N(C)C)C(=O)OC(C)(C)C)nc1)c1cc2cccnc2[nH]1)c1ccccc1. The molecule has 0 saturated carbocycles. The van der Waals surface area contributed by atoms with Crippen molar-refractivity contribution in [1.29, 1.82) is 0 Å². The van der Waals surface area contributed by atoms with Gasteiger partial charge in [0.05, 0.1) is 6.54 Å². The van der Waals surface area contributed by atoms with Gasteiger partial charge >= 0.3 is 6.09 Å². The summed E-state index contributed by atoms with van der Waals surface area (Å²) in [6, 6.07) is 20.3. The molecule has 4 rings (SSSR count). The summed E-state index contributed by atoms with van der Waals surface area (Å²) in [4.78, 5) is 40.3. The van der Waals surface area contributed by atoms with Crippen LogP contribution in [0.3, 0.4) is 0 Å². The molecule has 0 fully saturated rings. The van der Waals surface area contributed by atoms with Crippen molar-refractivity contribution >= 4 is 34.2 Å². The molecule has 0 atom stereocenters. The zero-order chi connectivity index (χ0) is 31.7. The Labute approximate surface area is 259 Å². The molecule has 0 radical (unpaired) electrons. The van der Waals surface area contributed by atoms with Crippen molar-refractivity contribution in [1.82, 2.24) is 24.8 Å². The number of benzene rings is 1. The number of hydrogen-bond acceptors (Lipinski definition) is 6. The van der Waals surface area contributed by atoms with Gasteiger partial charge in [-0.25, -0.2) is 14.8 Å². The van der Waals surface area contributed by atoms with Crippen molar-refractivity contribution in [2.75, 3.05) is 33.8 Å². The number of nitrogens with one attached hydrogen (secondary N) is 1. The van der Waals surface area contributed by atoms with Crippen LogP contribution in [-0.4, -0.2) is 76.1 Å². The van der Waals surface area contributed by atoms with Crippen LogP contribution in [0.15, 0.2) is 85.2 Å². The number of rotatable bonds is 11. The average Bonchev–Trinajstić information content (AvgIpc) is 3.42. The first kappa shape index (κ1) is 32.0. The van der Waals surface area contributed by atoms with Crippen LogP contribution in [0.1, 0.15) is 50.9 Å². The lowest BCUT2D eigenvalue weighted by molar-refractivity contribution is -0.123. The Kier molecular flexibility index (Phi) is 10.6. The van der Waals surface area contributed by atoms with Gasteiger partial charge in [0.15, 0.2) is 0 Å². The Morgan fingerprint density at radius 2 is 1.75 bits per heavy atom. The van der Waals surface area contributed by atoms with Crippen LogP contribution >= 0.6 is 0 Å². The van der Waals surface area contributed by atoms with E-state index < -0.39 is 11.7 Å². The molecule has 0 spiro atoms. The maximum Gasteiger partial charge on any atom is 0.410 e. The Hall–Kier alpha value is -4.92. The van der Waals surface area contributed by atoms with E-state index in [9.17, 15) is 9.59 Å². The number of fused-ring (bicyclic) bond motifs is 1. The third kappa shape index (κ3) is 8.56. The molecule has 230 valence electrons. The third-order valence-electron chi connectivity index (χ3n) is 6.75. The molecule has 9 nitrogen and oxygen atoms in total. The van der Waals surface area contributed by atoms with Gasteiger partial charge in [-0.2, -0.15) is 0 Å². The summed E-state index contributed by atoms with van der Waals surface area (Å²) in [5.74, 6) is 0.275. The lowest BCUT2D eigenvalue weighted by atomic mass is 9.91. The normalized spacial score (nSPS) is 12.2. The number of hydrogen-bond donors (Lipinski definition) is 1. The molecule has 0 unspecified atom stereocenters. The molecular formula is C35H41N5O4. The average molecular weight is 596 g/mol. The Bertz CT molecular complexity index is 1580. The van der Waals surface area contributed by atoms with Gasteiger partial charge < -0.3 is 24.3 Å². The van der Waals surface area contributed by atoms with Crippen LogP contribution in [0, 0.1) is 0 Å². The molecule has 0 aliphatic heterocycles. The van der Waals surface area contributed by atoms with Crippen molar-refractivity contribution in [3.8, 4) is 5.88 Å². The first-order chi connectivity index (χ1) is 21.1. The van der Waals surface area contributed by atoms with Gasteiger partial charge in [-0.05, 0) is 62.6 Å². The van der Waals surface area contributed by atoms with Gasteiger partial charge in [0, 0.05) is 67.4 Å². The second-order valence-corrected chi connectivity index (χ2v) is 11.5. The highest BCUT2D eigenvalue weighted by atomic mass is 16.6. The zero-order valence-corrected chi connectivity index (χ0v) is 26.3.